The van der Waals surface area contributed by atoms with Gasteiger partial charge in [-0.05, 0) is 18.5 Å². The Morgan fingerprint density at radius 3 is 2.90 bits per heavy atom. The lowest BCUT2D eigenvalue weighted by Crippen LogP contribution is -2.09. The van der Waals surface area contributed by atoms with Crippen LogP contribution in [0.4, 0.5) is 0 Å². The zero-order valence-corrected chi connectivity index (χ0v) is 7.59. The lowest BCUT2D eigenvalue weighted by molar-refractivity contribution is -0.120. The van der Waals surface area contributed by atoms with Gasteiger partial charge in [-0.1, -0.05) is 6.92 Å². The molecule has 0 heterocycles. The van der Waals surface area contributed by atoms with Crippen molar-refractivity contribution >= 4 is 35.0 Å². The number of carbonyl (C=O) groups excluding carboxylic acids is 1. The van der Waals surface area contributed by atoms with Crippen LogP contribution in [0.1, 0.15) is 6.92 Å². The van der Waals surface area contributed by atoms with Gasteiger partial charge >= 0.3 is 0 Å². The van der Waals surface area contributed by atoms with Gasteiger partial charge in [-0.15, -0.1) is 0 Å². The predicted octanol–water partition coefficient (Wildman–Crippen LogP) is 1.61. The van der Waals surface area contributed by atoms with E-state index in [4.69, 9.17) is 0 Å². The summed E-state index contributed by atoms with van der Waals surface area (Å²) in [4.78, 5) is 14.2. The smallest absolute Gasteiger partial charge is 0.258 e. The number of hydrogen-bond acceptors (Lipinski definition) is 3. The van der Waals surface area contributed by atoms with Crippen molar-refractivity contribution in [2.45, 2.75) is 6.92 Å². The van der Waals surface area contributed by atoms with Crippen LogP contribution in [0.5, 0.6) is 0 Å². The van der Waals surface area contributed by atoms with Crippen LogP contribution in [0, 0.1) is 5.92 Å². The van der Waals surface area contributed by atoms with Crippen molar-refractivity contribution in [3.8, 4) is 0 Å². The SMILES string of the molecule is CSCC(C)C(=O)N=C=S. The summed E-state index contributed by atoms with van der Waals surface area (Å²) >= 11 is 5.91. The van der Waals surface area contributed by atoms with E-state index < -0.39 is 0 Å². The summed E-state index contributed by atoms with van der Waals surface area (Å²) in [7, 11) is 0. The van der Waals surface area contributed by atoms with Gasteiger partial charge in [0.05, 0.1) is 5.16 Å². The molecule has 4 heteroatoms. The van der Waals surface area contributed by atoms with E-state index in [-0.39, 0.29) is 11.8 Å². The average Bonchev–Trinajstić information content (AvgIpc) is 1.89. The molecule has 56 valence electrons. The van der Waals surface area contributed by atoms with Crippen LogP contribution in [0.3, 0.4) is 0 Å². The number of thiocarbonyl (C=S) groups is 1. The van der Waals surface area contributed by atoms with Gasteiger partial charge in [0, 0.05) is 11.7 Å². The highest BCUT2D eigenvalue weighted by molar-refractivity contribution is 7.98. The minimum absolute atomic E-state index is 0.0366. The molecule has 2 nitrogen and oxygen atoms in total. The van der Waals surface area contributed by atoms with Gasteiger partial charge in [-0.2, -0.15) is 16.8 Å². The summed E-state index contributed by atoms with van der Waals surface area (Å²) in [5, 5.41) is 2.06. The summed E-state index contributed by atoms with van der Waals surface area (Å²) in [5.74, 6) is 0.578. The van der Waals surface area contributed by atoms with Crippen molar-refractivity contribution in [1.82, 2.24) is 0 Å². The third kappa shape index (κ3) is 3.77. The highest BCUT2D eigenvalue weighted by atomic mass is 32.2. The summed E-state index contributed by atoms with van der Waals surface area (Å²) in [6, 6.07) is 0. The molecule has 0 saturated carbocycles. The summed E-state index contributed by atoms with van der Waals surface area (Å²) in [6.07, 6.45) is 1.95. The van der Waals surface area contributed by atoms with Crippen LogP contribution in [-0.4, -0.2) is 23.1 Å². The molecule has 0 bridgehead atoms. The summed E-state index contributed by atoms with van der Waals surface area (Å²) < 4.78 is 0. The number of amides is 1. The molecule has 0 aliphatic rings. The molecule has 0 aliphatic carbocycles. The molecule has 0 saturated heterocycles. The van der Waals surface area contributed by atoms with Crippen molar-refractivity contribution in [3.63, 3.8) is 0 Å². The van der Waals surface area contributed by atoms with Gasteiger partial charge in [0.25, 0.3) is 5.91 Å². The lowest BCUT2D eigenvalue weighted by atomic mass is 10.2. The first-order chi connectivity index (χ1) is 4.72. The lowest BCUT2D eigenvalue weighted by Gasteiger charge is -2.00. The maximum Gasteiger partial charge on any atom is 0.258 e. The van der Waals surface area contributed by atoms with Crippen molar-refractivity contribution in [1.29, 1.82) is 0 Å². The highest BCUT2D eigenvalue weighted by Crippen LogP contribution is 2.05. The number of carbonyl (C=O) groups is 1. The van der Waals surface area contributed by atoms with Gasteiger partial charge in [0.1, 0.15) is 0 Å². The number of isothiocyanates is 1. The van der Waals surface area contributed by atoms with E-state index in [0.29, 0.717) is 0 Å². The number of aliphatic imine (C=N–C) groups is 1. The largest absolute Gasteiger partial charge is 0.272 e. The van der Waals surface area contributed by atoms with Crippen LogP contribution in [-0.2, 0) is 4.79 Å². The number of thioether (sulfide) groups is 1. The number of nitrogens with zero attached hydrogens (tertiary/aromatic N) is 1. The second-order valence-electron chi connectivity index (χ2n) is 1.90. The van der Waals surface area contributed by atoms with Gasteiger partial charge in [0.15, 0.2) is 0 Å². The standard InChI is InChI=1S/C6H9NOS2/c1-5(3-10-2)6(8)7-4-9/h5H,3H2,1-2H3. The molecule has 0 fully saturated rings. The molecule has 1 atom stereocenters. The fraction of sp³-hybridized carbons (Fsp3) is 0.667. The molecule has 1 unspecified atom stereocenters. The van der Waals surface area contributed by atoms with E-state index in [1.54, 1.807) is 11.8 Å². The van der Waals surface area contributed by atoms with Crippen LogP contribution in [0.2, 0.25) is 0 Å². The topological polar surface area (TPSA) is 29.4 Å². The third-order valence-corrected chi connectivity index (χ3v) is 1.92. The van der Waals surface area contributed by atoms with E-state index in [2.05, 4.69) is 22.4 Å². The molecule has 0 aromatic carbocycles. The van der Waals surface area contributed by atoms with Crippen molar-refractivity contribution in [2.75, 3.05) is 12.0 Å². The molecule has 0 radical (unpaired) electrons. The summed E-state index contributed by atoms with van der Waals surface area (Å²) in [6.45, 7) is 1.83. The van der Waals surface area contributed by atoms with E-state index in [1.165, 1.54) is 0 Å². The summed E-state index contributed by atoms with van der Waals surface area (Å²) in [5.41, 5.74) is 0. The van der Waals surface area contributed by atoms with E-state index in [9.17, 15) is 4.79 Å². The zero-order valence-electron chi connectivity index (χ0n) is 5.96. The fourth-order valence-corrected chi connectivity index (χ4v) is 1.21. The Kier molecular flexibility index (Phi) is 5.49. The molecule has 0 aromatic heterocycles. The molecule has 1 amide bonds. The Morgan fingerprint density at radius 1 is 1.90 bits per heavy atom. The minimum Gasteiger partial charge on any atom is -0.272 e. The normalized spacial score (nSPS) is 11.8. The zero-order chi connectivity index (χ0) is 7.98. The van der Waals surface area contributed by atoms with Crippen molar-refractivity contribution < 1.29 is 4.79 Å². The molecule has 0 aliphatic heterocycles. The van der Waals surface area contributed by atoms with Crippen LogP contribution in [0.25, 0.3) is 0 Å². The second kappa shape index (κ2) is 5.59. The van der Waals surface area contributed by atoms with E-state index in [0.717, 1.165) is 5.75 Å². The third-order valence-electron chi connectivity index (χ3n) is 0.994. The first-order valence-corrected chi connectivity index (χ1v) is 4.63. The molecular weight excluding hydrogens is 166 g/mol. The first-order valence-electron chi connectivity index (χ1n) is 2.83. The minimum atomic E-state index is -0.177. The van der Waals surface area contributed by atoms with Gasteiger partial charge in [-0.25, -0.2) is 0 Å². The number of rotatable bonds is 3. The molecule has 0 N–H and O–H groups in total. The van der Waals surface area contributed by atoms with E-state index in [1.807, 2.05) is 13.2 Å². The quantitative estimate of drug-likeness (QED) is 0.482. The number of hydrogen-bond donors (Lipinski definition) is 0. The van der Waals surface area contributed by atoms with Crippen LogP contribution < -0.4 is 0 Å². The van der Waals surface area contributed by atoms with E-state index >= 15 is 0 Å². The van der Waals surface area contributed by atoms with Crippen LogP contribution in [0.15, 0.2) is 4.99 Å². The predicted molar refractivity (Wildman–Crippen MR) is 47.6 cm³/mol. The molecule has 0 spiro atoms. The van der Waals surface area contributed by atoms with Crippen LogP contribution >= 0.6 is 24.0 Å². The van der Waals surface area contributed by atoms with Gasteiger partial charge in [-0.3, -0.25) is 4.79 Å². The molecular formula is C6H9NOS2. The first kappa shape index (κ1) is 9.82. The highest BCUT2D eigenvalue weighted by Gasteiger charge is 2.09. The van der Waals surface area contributed by atoms with Gasteiger partial charge in [0.2, 0.25) is 0 Å². The Morgan fingerprint density at radius 2 is 2.50 bits per heavy atom. The fourth-order valence-electron chi connectivity index (χ4n) is 0.476. The Balaban J connectivity index is 3.81. The Bertz CT molecular complexity index is 163. The molecule has 10 heavy (non-hydrogen) atoms. The Labute approximate surface area is 70.1 Å². The molecule has 0 rings (SSSR count). The Hall–Kier alpha value is -0.180. The maximum absolute atomic E-state index is 10.8. The van der Waals surface area contributed by atoms with Gasteiger partial charge < -0.3 is 0 Å². The van der Waals surface area contributed by atoms with Crippen molar-refractivity contribution in [3.05, 3.63) is 0 Å². The molecule has 0 aromatic rings. The second-order valence-corrected chi connectivity index (χ2v) is 2.99. The monoisotopic (exact) mass is 175 g/mol. The average molecular weight is 175 g/mol. The van der Waals surface area contributed by atoms with Crippen molar-refractivity contribution in [2.24, 2.45) is 10.9 Å². The maximum atomic E-state index is 10.8.